The average Bonchev–Trinajstić information content (AvgIpc) is 2.42. The van der Waals surface area contributed by atoms with Crippen LogP contribution in [0.25, 0.3) is 0 Å². The quantitative estimate of drug-likeness (QED) is 0.811. The molecule has 0 saturated carbocycles. The molecule has 0 unspecified atom stereocenters. The van der Waals surface area contributed by atoms with Crippen LogP contribution in [0.5, 0.6) is 0 Å². The van der Waals surface area contributed by atoms with E-state index in [-0.39, 0.29) is 5.91 Å². The third kappa shape index (κ3) is 4.87. The van der Waals surface area contributed by atoms with Crippen molar-refractivity contribution in [1.29, 1.82) is 0 Å². The fourth-order valence-corrected chi connectivity index (χ4v) is 1.76. The summed E-state index contributed by atoms with van der Waals surface area (Å²) in [6.45, 7) is 4.47. The van der Waals surface area contributed by atoms with Crippen LogP contribution in [0.4, 0.5) is 5.82 Å². The smallest absolute Gasteiger partial charge is 0.255 e. The number of hydrogen-bond acceptors (Lipinski definition) is 4. The Kier molecular flexibility index (Phi) is 6.29. The van der Waals surface area contributed by atoms with Gasteiger partial charge in [-0.2, -0.15) is 0 Å². The molecule has 1 heterocycles. The third-order valence-corrected chi connectivity index (χ3v) is 2.86. The van der Waals surface area contributed by atoms with Crippen LogP contribution in [0.1, 0.15) is 23.7 Å². The molecule has 0 spiro atoms. The molecule has 106 valence electrons. The number of anilines is 1. The maximum absolute atomic E-state index is 12.4. The first kappa shape index (κ1) is 15.4. The number of amides is 1. The topological polar surface area (TPSA) is 48.5 Å². The minimum atomic E-state index is 0.0545. The number of rotatable bonds is 7. The maximum Gasteiger partial charge on any atom is 0.255 e. The van der Waals surface area contributed by atoms with E-state index in [1.54, 1.807) is 6.20 Å². The van der Waals surface area contributed by atoms with E-state index in [2.05, 4.69) is 22.1 Å². The molecule has 1 N–H and O–H groups in total. The summed E-state index contributed by atoms with van der Waals surface area (Å²) in [7, 11) is 5.83. The summed E-state index contributed by atoms with van der Waals surface area (Å²) in [5.41, 5.74) is 0.645. The van der Waals surface area contributed by atoms with Crippen molar-refractivity contribution in [2.75, 3.05) is 46.1 Å². The van der Waals surface area contributed by atoms with Gasteiger partial charge < -0.3 is 15.1 Å². The molecule has 0 radical (unpaired) electrons. The van der Waals surface area contributed by atoms with Crippen molar-refractivity contribution in [1.82, 2.24) is 14.8 Å². The number of aromatic nitrogens is 1. The van der Waals surface area contributed by atoms with Crippen LogP contribution in [0, 0.1) is 0 Å². The van der Waals surface area contributed by atoms with Gasteiger partial charge in [-0.3, -0.25) is 4.79 Å². The van der Waals surface area contributed by atoms with E-state index >= 15 is 0 Å². The van der Waals surface area contributed by atoms with Crippen LogP contribution in [-0.2, 0) is 0 Å². The number of carbonyl (C=O) groups is 1. The van der Waals surface area contributed by atoms with Crippen molar-refractivity contribution >= 4 is 11.7 Å². The lowest BCUT2D eigenvalue weighted by molar-refractivity contribution is 0.0744. The summed E-state index contributed by atoms with van der Waals surface area (Å²) in [6, 6.07) is 3.64. The van der Waals surface area contributed by atoms with Crippen LogP contribution in [0.15, 0.2) is 18.3 Å². The predicted molar refractivity (Wildman–Crippen MR) is 78.5 cm³/mol. The summed E-state index contributed by atoms with van der Waals surface area (Å²) in [5, 5.41) is 2.94. The first-order valence-electron chi connectivity index (χ1n) is 6.66. The van der Waals surface area contributed by atoms with E-state index in [0.717, 1.165) is 31.9 Å². The molecule has 0 aliphatic rings. The summed E-state index contributed by atoms with van der Waals surface area (Å²) in [5.74, 6) is 0.825. The van der Waals surface area contributed by atoms with E-state index < -0.39 is 0 Å². The zero-order valence-corrected chi connectivity index (χ0v) is 12.3. The fraction of sp³-hybridized carbons (Fsp3) is 0.571. The Hall–Kier alpha value is -1.62. The van der Waals surface area contributed by atoms with Gasteiger partial charge in [0.25, 0.3) is 5.91 Å². The average molecular weight is 264 g/mol. The summed E-state index contributed by atoms with van der Waals surface area (Å²) in [6.07, 6.45) is 2.59. The second kappa shape index (κ2) is 7.74. The van der Waals surface area contributed by atoms with Crippen LogP contribution >= 0.6 is 0 Å². The first-order valence-corrected chi connectivity index (χ1v) is 6.66. The molecule has 0 aliphatic heterocycles. The molecule has 5 heteroatoms. The zero-order chi connectivity index (χ0) is 14.3. The van der Waals surface area contributed by atoms with Gasteiger partial charge in [-0.25, -0.2) is 4.98 Å². The van der Waals surface area contributed by atoms with Crippen molar-refractivity contribution < 1.29 is 4.79 Å². The Morgan fingerprint density at radius 2 is 2.00 bits per heavy atom. The van der Waals surface area contributed by atoms with Crippen molar-refractivity contribution in [3.63, 3.8) is 0 Å². The number of carbonyl (C=O) groups excluding carboxylic acids is 1. The van der Waals surface area contributed by atoms with Gasteiger partial charge in [0.2, 0.25) is 0 Å². The van der Waals surface area contributed by atoms with Gasteiger partial charge >= 0.3 is 0 Å². The van der Waals surface area contributed by atoms with E-state index in [9.17, 15) is 4.79 Å². The van der Waals surface area contributed by atoms with E-state index in [0.29, 0.717) is 5.56 Å². The molecule has 5 nitrogen and oxygen atoms in total. The minimum Gasteiger partial charge on any atom is -0.373 e. The second-order valence-corrected chi connectivity index (χ2v) is 4.78. The van der Waals surface area contributed by atoms with Crippen LogP contribution in [0.2, 0.25) is 0 Å². The molecule has 1 amide bonds. The van der Waals surface area contributed by atoms with E-state index in [4.69, 9.17) is 0 Å². The third-order valence-electron chi connectivity index (χ3n) is 2.86. The predicted octanol–water partition coefficient (Wildman–Crippen LogP) is 1.54. The Morgan fingerprint density at radius 1 is 1.26 bits per heavy atom. The first-order chi connectivity index (χ1) is 9.08. The van der Waals surface area contributed by atoms with Crippen LogP contribution in [0.3, 0.4) is 0 Å². The molecule has 0 fully saturated rings. The number of hydrogen-bond donors (Lipinski definition) is 1. The Balaban J connectivity index is 2.73. The van der Waals surface area contributed by atoms with Gasteiger partial charge in [-0.15, -0.1) is 0 Å². The lowest BCUT2D eigenvalue weighted by Gasteiger charge is -2.24. The molecule has 19 heavy (non-hydrogen) atoms. The Morgan fingerprint density at radius 3 is 2.47 bits per heavy atom. The summed E-state index contributed by atoms with van der Waals surface area (Å²) >= 11 is 0. The van der Waals surface area contributed by atoms with Gasteiger partial charge in [-0.1, -0.05) is 6.92 Å². The van der Waals surface area contributed by atoms with Crippen molar-refractivity contribution in [3.05, 3.63) is 23.9 Å². The summed E-state index contributed by atoms with van der Waals surface area (Å²) < 4.78 is 0. The summed E-state index contributed by atoms with van der Waals surface area (Å²) in [4.78, 5) is 20.5. The number of likely N-dealkylation sites (N-methyl/N-ethyl adjacent to an activating group) is 1. The molecule has 1 rings (SSSR count). The lowest BCUT2D eigenvalue weighted by Crippen LogP contribution is -2.37. The van der Waals surface area contributed by atoms with Gasteiger partial charge in [-0.05, 0) is 32.6 Å². The normalized spacial score (nSPS) is 10.6. The number of nitrogens with zero attached hydrogens (tertiary/aromatic N) is 3. The van der Waals surface area contributed by atoms with Gasteiger partial charge in [0.1, 0.15) is 5.82 Å². The molecule has 0 aromatic carbocycles. The van der Waals surface area contributed by atoms with Gasteiger partial charge in [0.05, 0.1) is 5.56 Å². The van der Waals surface area contributed by atoms with Crippen LogP contribution in [-0.4, -0.2) is 61.5 Å². The highest BCUT2D eigenvalue weighted by Gasteiger charge is 2.15. The SMILES string of the molecule is CCCN(CCN(C)C)C(=O)c1ccc(NC)nc1. The lowest BCUT2D eigenvalue weighted by atomic mass is 10.2. The highest BCUT2D eigenvalue weighted by Crippen LogP contribution is 2.08. The largest absolute Gasteiger partial charge is 0.373 e. The molecule has 0 bridgehead atoms. The minimum absolute atomic E-state index is 0.0545. The Bertz CT molecular complexity index is 389. The van der Waals surface area contributed by atoms with Crippen molar-refractivity contribution in [2.24, 2.45) is 0 Å². The highest BCUT2D eigenvalue weighted by molar-refractivity contribution is 5.94. The zero-order valence-electron chi connectivity index (χ0n) is 12.3. The van der Waals surface area contributed by atoms with Gasteiger partial charge in [0.15, 0.2) is 0 Å². The van der Waals surface area contributed by atoms with Gasteiger partial charge in [0, 0.05) is 32.9 Å². The van der Waals surface area contributed by atoms with E-state index in [1.165, 1.54) is 0 Å². The second-order valence-electron chi connectivity index (χ2n) is 4.78. The molecule has 1 aromatic heterocycles. The van der Waals surface area contributed by atoms with Crippen molar-refractivity contribution in [2.45, 2.75) is 13.3 Å². The highest BCUT2D eigenvalue weighted by atomic mass is 16.2. The molecule has 0 aliphatic carbocycles. The number of nitrogens with one attached hydrogen (secondary N) is 1. The molecule has 0 saturated heterocycles. The fourth-order valence-electron chi connectivity index (χ4n) is 1.76. The van der Waals surface area contributed by atoms with Crippen LogP contribution < -0.4 is 5.32 Å². The number of pyridine rings is 1. The molecular formula is C14H24N4O. The van der Waals surface area contributed by atoms with Crippen molar-refractivity contribution in [3.8, 4) is 0 Å². The maximum atomic E-state index is 12.4. The molecular weight excluding hydrogens is 240 g/mol. The van der Waals surface area contributed by atoms with E-state index in [1.807, 2.05) is 38.2 Å². The Labute approximate surface area is 115 Å². The monoisotopic (exact) mass is 264 g/mol. The molecule has 1 aromatic rings. The standard InChI is InChI=1S/C14H24N4O/c1-5-8-18(10-9-17(3)4)14(19)12-6-7-13(15-2)16-11-12/h6-7,11H,5,8-10H2,1-4H3,(H,15,16). The molecule has 0 atom stereocenters.